The highest BCUT2D eigenvalue weighted by Gasteiger charge is 2.21. The largest absolute Gasteiger partial charge is 0.371 e. The van der Waals surface area contributed by atoms with Crippen molar-refractivity contribution in [1.29, 1.82) is 0 Å². The van der Waals surface area contributed by atoms with Gasteiger partial charge in [0.1, 0.15) is 0 Å². The van der Waals surface area contributed by atoms with E-state index in [0.717, 1.165) is 30.3 Å². The van der Waals surface area contributed by atoms with Gasteiger partial charge in [0.2, 0.25) is 0 Å². The molecule has 0 atom stereocenters. The Morgan fingerprint density at radius 1 is 1.42 bits per heavy atom. The lowest BCUT2D eigenvalue weighted by atomic mass is 9.94. The van der Waals surface area contributed by atoms with Crippen LogP contribution in [-0.4, -0.2) is 18.0 Å². The van der Waals surface area contributed by atoms with Gasteiger partial charge < -0.3 is 4.90 Å². The van der Waals surface area contributed by atoms with Gasteiger partial charge in [-0.25, -0.2) is 0 Å². The summed E-state index contributed by atoms with van der Waals surface area (Å²) in [5.41, 5.74) is 2.02. The SMILES string of the molecule is CCC1CCN(c2ccc([N+](=O)[O-])cc2CCl)CC1. The molecule has 4 nitrogen and oxygen atoms in total. The van der Waals surface area contributed by atoms with Gasteiger partial charge in [-0.05, 0) is 30.4 Å². The molecule has 0 aromatic heterocycles. The van der Waals surface area contributed by atoms with Crippen molar-refractivity contribution in [3.63, 3.8) is 0 Å². The third-order valence-electron chi connectivity index (χ3n) is 3.95. The van der Waals surface area contributed by atoms with Crippen LogP contribution in [0.15, 0.2) is 18.2 Å². The summed E-state index contributed by atoms with van der Waals surface area (Å²) in [6.07, 6.45) is 3.61. The van der Waals surface area contributed by atoms with E-state index in [9.17, 15) is 10.1 Å². The van der Waals surface area contributed by atoms with E-state index in [1.165, 1.54) is 19.3 Å². The first-order valence-electron chi connectivity index (χ1n) is 6.74. The summed E-state index contributed by atoms with van der Waals surface area (Å²) >= 11 is 5.93. The molecule has 1 saturated heterocycles. The molecular weight excluding hydrogens is 264 g/mol. The van der Waals surface area contributed by atoms with Gasteiger partial charge in [0, 0.05) is 36.8 Å². The lowest BCUT2D eigenvalue weighted by Crippen LogP contribution is -2.34. The van der Waals surface area contributed by atoms with E-state index < -0.39 is 0 Å². The van der Waals surface area contributed by atoms with Gasteiger partial charge in [0.05, 0.1) is 4.92 Å². The molecule has 0 radical (unpaired) electrons. The monoisotopic (exact) mass is 282 g/mol. The average molecular weight is 283 g/mol. The second kappa shape index (κ2) is 6.24. The molecule has 0 amide bonds. The van der Waals surface area contributed by atoms with Crippen LogP contribution in [0.1, 0.15) is 31.7 Å². The van der Waals surface area contributed by atoms with E-state index in [0.29, 0.717) is 5.88 Å². The molecule has 0 saturated carbocycles. The van der Waals surface area contributed by atoms with Crippen LogP contribution in [0.4, 0.5) is 11.4 Å². The van der Waals surface area contributed by atoms with E-state index in [2.05, 4.69) is 11.8 Å². The van der Waals surface area contributed by atoms with Gasteiger partial charge in [-0.15, -0.1) is 11.6 Å². The van der Waals surface area contributed by atoms with Gasteiger partial charge in [0.25, 0.3) is 5.69 Å². The summed E-state index contributed by atoms with van der Waals surface area (Å²) in [6.45, 7) is 4.26. The zero-order valence-corrected chi connectivity index (χ0v) is 11.9. The minimum absolute atomic E-state index is 0.114. The van der Waals surface area contributed by atoms with Crippen molar-refractivity contribution >= 4 is 23.0 Å². The van der Waals surface area contributed by atoms with Crippen LogP contribution in [0.25, 0.3) is 0 Å². The van der Waals surface area contributed by atoms with E-state index in [4.69, 9.17) is 11.6 Å². The molecule has 0 aliphatic carbocycles. The zero-order chi connectivity index (χ0) is 13.8. The predicted molar refractivity (Wildman–Crippen MR) is 77.9 cm³/mol. The number of hydrogen-bond acceptors (Lipinski definition) is 3. The number of rotatable bonds is 4. The fraction of sp³-hybridized carbons (Fsp3) is 0.571. The smallest absolute Gasteiger partial charge is 0.269 e. The first kappa shape index (κ1) is 14.1. The molecule has 1 aliphatic rings. The third-order valence-corrected chi connectivity index (χ3v) is 4.24. The van der Waals surface area contributed by atoms with E-state index in [1.807, 2.05) is 6.07 Å². The highest BCUT2D eigenvalue weighted by Crippen LogP contribution is 2.30. The summed E-state index contributed by atoms with van der Waals surface area (Å²) in [5, 5.41) is 10.8. The molecule has 0 N–H and O–H groups in total. The second-order valence-electron chi connectivity index (χ2n) is 5.04. The van der Waals surface area contributed by atoms with Crippen LogP contribution in [-0.2, 0) is 5.88 Å². The Balaban J connectivity index is 2.18. The molecule has 1 aliphatic heterocycles. The van der Waals surface area contributed by atoms with Crippen molar-refractivity contribution < 1.29 is 4.92 Å². The standard InChI is InChI=1S/C14H19ClN2O2/c1-2-11-5-7-16(8-6-11)14-4-3-13(17(18)19)9-12(14)10-15/h3-4,9,11H,2,5-8,10H2,1H3. The van der Waals surface area contributed by atoms with Gasteiger partial charge in [-0.1, -0.05) is 13.3 Å². The van der Waals surface area contributed by atoms with Crippen LogP contribution >= 0.6 is 11.6 Å². The summed E-state index contributed by atoms with van der Waals surface area (Å²) in [5.74, 6) is 1.12. The Kier molecular flexibility index (Phi) is 4.64. The molecular formula is C14H19ClN2O2. The normalized spacial score (nSPS) is 16.6. The minimum atomic E-state index is -0.372. The quantitative estimate of drug-likeness (QED) is 0.477. The van der Waals surface area contributed by atoms with Crippen molar-refractivity contribution in [3.8, 4) is 0 Å². The molecule has 0 bridgehead atoms. The van der Waals surface area contributed by atoms with Crippen molar-refractivity contribution in [2.75, 3.05) is 18.0 Å². The molecule has 1 heterocycles. The Bertz CT molecular complexity index is 457. The Morgan fingerprint density at radius 2 is 2.11 bits per heavy atom. The zero-order valence-electron chi connectivity index (χ0n) is 11.1. The number of nitro benzene ring substituents is 1. The van der Waals surface area contributed by atoms with Crippen molar-refractivity contribution in [1.82, 2.24) is 0 Å². The molecule has 104 valence electrons. The lowest BCUT2D eigenvalue weighted by Gasteiger charge is -2.34. The number of benzene rings is 1. The summed E-state index contributed by atoms with van der Waals surface area (Å²) in [6, 6.07) is 4.99. The highest BCUT2D eigenvalue weighted by atomic mass is 35.5. The van der Waals surface area contributed by atoms with E-state index >= 15 is 0 Å². The average Bonchev–Trinajstić information content (AvgIpc) is 2.46. The molecule has 1 aromatic rings. The minimum Gasteiger partial charge on any atom is -0.371 e. The Hall–Kier alpha value is -1.29. The van der Waals surface area contributed by atoms with Crippen LogP contribution in [0.5, 0.6) is 0 Å². The maximum absolute atomic E-state index is 10.8. The van der Waals surface area contributed by atoms with Gasteiger partial charge in [-0.2, -0.15) is 0 Å². The van der Waals surface area contributed by atoms with Crippen LogP contribution in [0, 0.1) is 16.0 Å². The van der Waals surface area contributed by atoms with Crippen molar-refractivity contribution in [2.24, 2.45) is 5.92 Å². The third kappa shape index (κ3) is 3.18. The van der Waals surface area contributed by atoms with Gasteiger partial charge in [0.15, 0.2) is 0 Å². The number of piperidine rings is 1. The predicted octanol–water partition coefficient (Wildman–Crippen LogP) is 3.96. The number of nitro groups is 1. The molecule has 2 rings (SSSR count). The fourth-order valence-electron chi connectivity index (χ4n) is 2.68. The van der Waals surface area contributed by atoms with Gasteiger partial charge in [-0.3, -0.25) is 10.1 Å². The number of hydrogen-bond donors (Lipinski definition) is 0. The fourth-order valence-corrected chi connectivity index (χ4v) is 2.90. The molecule has 0 unspecified atom stereocenters. The Labute approximate surface area is 118 Å². The second-order valence-corrected chi connectivity index (χ2v) is 5.31. The summed E-state index contributed by atoms with van der Waals surface area (Å²) < 4.78 is 0. The van der Waals surface area contributed by atoms with Crippen LogP contribution < -0.4 is 4.90 Å². The van der Waals surface area contributed by atoms with Crippen molar-refractivity contribution in [3.05, 3.63) is 33.9 Å². The molecule has 1 fully saturated rings. The molecule has 0 spiro atoms. The highest BCUT2D eigenvalue weighted by molar-refractivity contribution is 6.17. The molecule has 19 heavy (non-hydrogen) atoms. The molecule has 5 heteroatoms. The van der Waals surface area contributed by atoms with Gasteiger partial charge >= 0.3 is 0 Å². The number of anilines is 1. The number of nitrogens with zero attached hydrogens (tertiary/aromatic N) is 2. The van der Waals surface area contributed by atoms with E-state index in [1.54, 1.807) is 12.1 Å². The van der Waals surface area contributed by atoms with Crippen molar-refractivity contribution in [2.45, 2.75) is 32.1 Å². The topological polar surface area (TPSA) is 46.4 Å². The lowest BCUT2D eigenvalue weighted by molar-refractivity contribution is -0.384. The first-order chi connectivity index (χ1) is 9.15. The van der Waals surface area contributed by atoms with Crippen LogP contribution in [0.3, 0.4) is 0 Å². The molecule has 1 aromatic carbocycles. The number of non-ortho nitro benzene ring substituents is 1. The first-order valence-corrected chi connectivity index (χ1v) is 7.27. The van der Waals surface area contributed by atoms with E-state index in [-0.39, 0.29) is 10.6 Å². The summed E-state index contributed by atoms with van der Waals surface area (Å²) in [7, 11) is 0. The maximum Gasteiger partial charge on any atom is 0.269 e. The number of alkyl halides is 1. The summed E-state index contributed by atoms with van der Waals surface area (Å²) in [4.78, 5) is 12.7. The van der Waals surface area contributed by atoms with Crippen LogP contribution in [0.2, 0.25) is 0 Å². The number of halogens is 1. The Morgan fingerprint density at radius 3 is 2.63 bits per heavy atom. The maximum atomic E-state index is 10.8.